The highest BCUT2D eigenvalue weighted by molar-refractivity contribution is 5.65. The lowest BCUT2D eigenvalue weighted by molar-refractivity contribution is 0.268. The summed E-state index contributed by atoms with van der Waals surface area (Å²) in [6.07, 6.45) is 4.23. The van der Waals surface area contributed by atoms with Gasteiger partial charge >= 0.3 is 0 Å². The molecule has 1 unspecified atom stereocenters. The van der Waals surface area contributed by atoms with Gasteiger partial charge in [0.1, 0.15) is 11.5 Å². The molecule has 8 heteroatoms. The van der Waals surface area contributed by atoms with Gasteiger partial charge in [-0.2, -0.15) is 5.10 Å². The maximum absolute atomic E-state index is 5.41. The van der Waals surface area contributed by atoms with E-state index in [0.29, 0.717) is 6.42 Å². The number of methoxy groups -OCH3 is 2. The molecule has 0 N–H and O–H groups in total. The number of hydrogen-bond acceptors (Lipinski definition) is 7. The van der Waals surface area contributed by atoms with Gasteiger partial charge in [0.05, 0.1) is 20.3 Å². The van der Waals surface area contributed by atoms with Crippen LogP contribution >= 0.6 is 0 Å². The summed E-state index contributed by atoms with van der Waals surface area (Å²) in [6, 6.07) is 16.6. The Labute approximate surface area is 193 Å². The molecule has 3 heterocycles. The summed E-state index contributed by atoms with van der Waals surface area (Å²) in [6.45, 7) is 2.77. The van der Waals surface area contributed by atoms with E-state index in [4.69, 9.17) is 24.5 Å². The zero-order valence-corrected chi connectivity index (χ0v) is 19.2. The molecule has 4 aromatic rings. The fraction of sp³-hybridized carbons (Fsp3) is 0.320. The van der Waals surface area contributed by atoms with Crippen LogP contribution in [-0.4, -0.2) is 65.4 Å². The van der Waals surface area contributed by atoms with Gasteiger partial charge in [-0.05, 0) is 30.3 Å². The zero-order chi connectivity index (χ0) is 22.8. The molecule has 0 amide bonds. The fourth-order valence-corrected chi connectivity index (χ4v) is 4.41. The number of rotatable bonds is 6. The van der Waals surface area contributed by atoms with Gasteiger partial charge in [0, 0.05) is 44.5 Å². The molecular formula is C25H28N6O2. The Morgan fingerprint density at radius 2 is 1.76 bits per heavy atom. The molecule has 33 heavy (non-hydrogen) atoms. The molecule has 1 atom stereocenters. The Bertz CT molecular complexity index is 1220. The summed E-state index contributed by atoms with van der Waals surface area (Å²) in [7, 11) is 5.47. The molecule has 0 saturated carbocycles. The van der Waals surface area contributed by atoms with E-state index in [2.05, 4.69) is 47.2 Å². The van der Waals surface area contributed by atoms with Crippen molar-refractivity contribution in [3.8, 4) is 11.5 Å². The van der Waals surface area contributed by atoms with Gasteiger partial charge in [0.15, 0.2) is 17.3 Å². The Morgan fingerprint density at radius 1 is 1.00 bits per heavy atom. The van der Waals surface area contributed by atoms with Crippen molar-refractivity contribution in [3.05, 3.63) is 77.9 Å². The average Bonchev–Trinajstić information content (AvgIpc) is 3.26. The van der Waals surface area contributed by atoms with Crippen LogP contribution in [0.4, 0.5) is 5.82 Å². The van der Waals surface area contributed by atoms with Gasteiger partial charge in [-0.25, -0.2) is 14.5 Å². The molecule has 2 aromatic carbocycles. The molecule has 8 nitrogen and oxygen atoms in total. The minimum absolute atomic E-state index is 0.200. The van der Waals surface area contributed by atoms with Crippen molar-refractivity contribution in [2.75, 3.05) is 45.8 Å². The number of benzene rings is 2. The number of nitrogens with zero attached hydrogens (tertiary/aromatic N) is 6. The van der Waals surface area contributed by atoms with Crippen LogP contribution in [0.3, 0.4) is 0 Å². The molecule has 2 aromatic heterocycles. The molecule has 0 radical (unpaired) electrons. The first-order valence-electron chi connectivity index (χ1n) is 11.1. The normalized spacial score (nSPS) is 16.8. The van der Waals surface area contributed by atoms with Crippen LogP contribution in [0.1, 0.15) is 23.0 Å². The predicted octanol–water partition coefficient (Wildman–Crippen LogP) is 3.23. The Balaban J connectivity index is 1.50. The zero-order valence-electron chi connectivity index (χ0n) is 19.2. The summed E-state index contributed by atoms with van der Waals surface area (Å²) < 4.78 is 12.6. The maximum atomic E-state index is 5.41. The van der Waals surface area contributed by atoms with Crippen molar-refractivity contribution in [1.29, 1.82) is 0 Å². The summed E-state index contributed by atoms with van der Waals surface area (Å²) in [5.74, 6) is 3.09. The molecule has 0 aliphatic carbocycles. The second-order valence-corrected chi connectivity index (χ2v) is 8.33. The van der Waals surface area contributed by atoms with Crippen LogP contribution in [0, 0.1) is 0 Å². The summed E-state index contributed by atoms with van der Waals surface area (Å²) in [5.41, 5.74) is 3.07. The number of hydrogen-bond donors (Lipinski definition) is 0. The number of fused-ring (bicyclic) bond motifs is 1. The number of anilines is 1. The lowest BCUT2D eigenvalue weighted by atomic mass is 10.0. The van der Waals surface area contributed by atoms with Gasteiger partial charge in [-0.3, -0.25) is 0 Å². The van der Waals surface area contributed by atoms with Gasteiger partial charge < -0.3 is 19.3 Å². The van der Waals surface area contributed by atoms with E-state index in [9.17, 15) is 0 Å². The molecule has 0 bridgehead atoms. The molecule has 0 spiro atoms. The van der Waals surface area contributed by atoms with Crippen LogP contribution in [-0.2, 0) is 6.42 Å². The summed E-state index contributed by atoms with van der Waals surface area (Å²) in [4.78, 5) is 14.4. The largest absolute Gasteiger partial charge is 0.497 e. The van der Waals surface area contributed by atoms with Crippen LogP contribution in [0.2, 0.25) is 0 Å². The first-order chi connectivity index (χ1) is 16.1. The van der Waals surface area contributed by atoms with Gasteiger partial charge in [0.25, 0.3) is 0 Å². The lowest BCUT2D eigenvalue weighted by Gasteiger charge is -2.41. The Hall–Kier alpha value is -3.65. The van der Waals surface area contributed by atoms with E-state index >= 15 is 0 Å². The molecule has 170 valence electrons. The van der Waals surface area contributed by atoms with Crippen LogP contribution < -0.4 is 14.4 Å². The highest BCUT2D eigenvalue weighted by atomic mass is 16.5. The minimum Gasteiger partial charge on any atom is -0.497 e. The smallest absolute Gasteiger partial charge is 0.198 e. The number of aromatic nitrogens is 4. The molecular weight excluding hydrogens is 416 g/mol. The second kappa shape index (κ2) is 9.07. The quantitative estimate of drug-likeness (QED) is 0.452. The average molecular weight is 445 g/mol. The predicted molar refractivity (Wildman–Crippen MR) is 127 cm³/mol. The monoisotopic (exact) mass is 444 g/mol. The van der Waals surface area contributed by atoms with Gasteiger partial charge in [-0.1, -0.05) is 30.3 Å². The highest BCUT2D eigenvalue weighted by Gasteiger charge is 2.29. The van der Waals surface area contributed by atoms with Crippen LogP contribution in [0.15, 0.2) is 60.9 Å². The lowest BCUT2D eigenvalue weighted by Crippen LogP contribution is -2.47. The van der Waals surface area contributed by atoms with Gasteiger partial charge in [0.2, 0.25) is 0 Å². The minimum atomic E-state index is 0.200. The van der Waals surface area contributed by atoms with Crippen molar-refractivity contribution in [3.63, 3.8) is 0 Å². The second-order valence-electron chi connectivity index (χ2n) is 8.33. The van der Waals surface area contributed by atoms with Crippen molar-refractivity contribution < 1.29 is 9.47 Å². The third-order valence-corrected chi connectivity index (χ3v) is 6.09. The van der Waals surface area contributed by atoms with E-state index in [1.807, 2.05) is 28.9 Å². The molecule has 1 aliphatic rings. The SMILES string of the molecule is COc1cc(Cc2nc3c(N4CCN(C)CC4c4ccccc4)nccn3n2)cc(OC)c1. The van der Waals surface area contributed by atoms with E-state index in [-0.39, 0.29) is 6.04 Å². The van der Waals surface area contributed by atoms with E-state index in [1.165, 1.54) is 5.56 Å². The third-order valence-electron chi connectivity index (χ3n) is 6.09. The highest BCUT2D eigenvalue weighted by Crippen LogP contribution is 2.31. The van der Waals surface area contributed by atoms with Crippen LogP contribution in [0.25, 0.3) is 5.65 Å². The van der Waals surface area contributed by atoms with E-state index in [1.54, 1.807) is 20.4 Å². The van der Waals surface area contributed by atoms with Crippen LogP contribution in [0.5, 0.6) is 11.5 Å². The molecule has 1 aliphatic heterocycles. The molecule has 1 saturated heterocycles. The summed E-state index contributed by atoms with van der Waals surface area (Å²) in [5, 5.41) is 4.73. The Morgan fingerprint density at radius 3 is 2.48 bits per heavy atom. The third kappa shape index (κ3) is 4.34. The number of piperazine rings is 1. The maximum Gasteiger partial charge on any atom is 0.198 e. The van der Waals surface area contributed by atoms with Gasteiger partial charge in [-0.15, -0.1) is 0 Å². The number of likely N-dealkylation sites (N-methyl/N-ethyl adjacent to an activating group) is 1. The first-order valence-corrected chi connectivity index (χ1v) is 11.1. The molecule has 5 rings (SSSR count). The topological polar surface area (TPSA) is 68.0 Å². The molecule has 1 fully saturated rings. The summed E-state index contributed by atoms with van der Waals surface area (Å²) >= 11 is 0. The van der Waals surface area contributed by atoms with E-state index in [0.717, 1.165) is 54.0 Å². The first kappa shape index (κ1) is 21.2. The Kier molecular flexibility index (Phi) is 5.83. The van der Waals surface area contributed by atoms with Crippen molar-refractivity contribution in [1.82, 2.24) is 24.5 Å². The standard InChI is InChI=1S/C25H28N6O2/c1-29-11-12-30(22(17-29)19-7-5-4-6-8-19)24-25-27-23(28-31(25)10-9-26-24)15-18-13-20(32-2)16-21(14-18)33-3/h4-10,13-14,16,22H,11-12,15,17H2,1-3H3. The number of ether oxygens (including phenoxy) is 2. The van der Waals surface area contributed by atoms with Crippen molar-refractivity contribution >= 4 is 11.5 Å². The van der Waals surface area contributed by atoms with Crippen molar-refractivity contribution in [2.24, 2.45) is 0 Å². The van der Waals surface area contributed by atoms with E-state index < -0.39 is 0 Å². The van der Waals surface area contributed by atoms with Crippen molar-refractivity contribution in [2.45, 2.75) is 12.5 Å². The fourth-order valence-electron chi connectivity index (χ4n) is 4.41.